The molecule has 0 N–H and O–H groups in total. The van der Waals surface area contributed by atoms with E-state index in [4.69, 9.17) is 17.6 Å². The Balaban J connectivity index is 2.54. The lowest BCUT2D eigenvalue weighted by atomic mass is 10.0. The van der Waals surface area contributed by atoms with E-state index in [1.54, 1.807) is 4.90 Å². The second kappa shape index (κ2) is 6.11. The van der Waals surface area contributed by atoms with Gasteiger partial charge in [0.05, 0.1) is 19.1 Å². The molecule has 15 heavy (non-hydrogen) atoms. The Morgan fingerprint density at radius 1 is 1.27 bits per heavy atom. The average molecular weight is 205 g/mol. The monoisotopic (exact) mass is 205 g/mol. The number of morpholine rings is 1. The molecule has 1 aliphatic rings. The van der Waals surface area contributed by atoms with Gasteiger partial charge in [-0.05, 0) is 0 Å². The zero-order valence-electron chi connectivity index (χ0n) is 8.74. The first-order valence-electron chi connectivity index (χ1n) is 5.03. The van der Waals surface area contributed by atoms with E-state index in [1.165, 1.54) is 0 Å². The molecular formula is C12H15NO2. The number of nitrogens with zero attached hydrogens (tertiary/aromatic N) is 1. The van der Waals surface area contributed by atoms with Gasteiger partial charge in [0.15, 0.2) is 0 Å². The molecule has 0 bridgehead atoms. The van der Waals surface area contributed by atoms with Crippen molar-refractivity contribution < 1.29 is 9.53 Å². The van der Waals surface area contributed by atoms with Crippen molar-refractivity contribution in [2.45, 2.75) is 12.8 Å². The Morgan fingerprint density at radius 2 is 1.80 bits per heavy atom. The normalized spacial score (nSPS) is 15.8. The quantitative estimate of drug-likeness (QED) is 0.628. The lowest BCUT2D eigenvalue weighted by Crippen LogP contribution is -2.43. The van der Waals surface area contributed by atoms with E-state index in [1.807, 2.05) is 0 Å². The van der Waals surface area contributed by atoms with Gasteiger partial charge >= 0.3 is 0 Å². The van der Waals surface area contributed by atoms with Crippen molar-refractivity contribution in [3.63, 3.8) is 0 Å². The molecule has 0 radical (unpaired) electrons. The summed E-state index contributed by atoms with van der Waals surface area (Å²) in [5.41, 5.74) is 0. The Morgan fingerprint density at radius 3 is 2.27 bits per heavy atom. The summed E-state index contributed by atoms with van der Waals surface area (Å²) < 4.78 is 5.18. The number of terminal acetylenes is 2. The molecule has 1 fully saturated rings. The van der Waals surface area contributed by atoms with E-state index in [9.17, 15) is 4.79 Å². The Hall–Kier alpha value is -1.45. The van der Waals surface area contributed by atoms with Crippen LogP contribution in [-0.4, -0.2) is 37.1 Å². The van der Waals surface area contributed by atoms with Crippen molar-refractivity contribution in [1.82, 2.24) is 4.90 Å². The molecule has 0 spiro atoms. The van der Waals surface area contributed by atoms with Crippen LogP contribution in [0.2, 0.25) is 0 Å². The topological polar surface area (TPSA) is 29.5 Å². The zero-order valence-corrected chi connectivity index (χ0v) is 8.74. The molecule has 0 saturated carbocycles. The van der Waals surface area contributed by atoms with Crippen molar-refractivity contribution in [2.75, 3.05) is 26.3 Å². The Kier molecular flexibility index (Phi) is 4.74. The summed E-state index contributed by atoms with van der Waals surface area (Å²) in [7, 11) is 0. The van der Waals surface area contributed by atoms with Crippen LogP contribution in [0.1, 0.15) is 12.8 Å². The summed E-state index contributed by atoms with van der Waals surface area (Å²) >= 11 is 0. The second-order valence-corrected chi connectivity index (χ2v) is 3.45. The van der Waals surface area contributed by atoms with Crippen LogP contribution in [0.25, 0.3) is 0 Å². The molecule has 0 aromatic rings. The maximum absolute atomic E-state index is 12.0. The summed E-state index contributed by atoms with van der Waals surface area (Å²) in [6, 6.07) is 0. The van der Waals surface area contributed by atoms with Gasteiger partial charge in [-0.15, -0.1) is 24.7 Å². The highest BCUT2D eigenvalue weighted by atomic mass is 16.5. The molecule has 3 heteroatoms. The first-order valence-corrected chi connectivity index (χ1v) is 5.03. The van der Waals surface area contributed by atoms with E-state index in [-0.39, 0.29) is 11.8 Å². The van der Waals surface area contributed by atoms with Gasteiger partial charge in [-0.1, -0.05) is 0 Å². The standard InChI is InChI=1S/C12H15NO2/c1-3-5-11(6-4-2)12(14)13-7-9-15-10-8-13/h1-2,11H,5-10H2. The molecular weight excluding hydrogens is 190 g/mol. The molecule has 1 rings (SSSR count). The first-order chi connectivity index (χ1) is 7.29. The van der Waals surface area contributed by atoms with Gasteiger partial charge in [0, 0.05) is 25.9 Å². The van der Waals surface area contributed by atoms with Crippen LogP contribution >= 0.6 is 0 Å². The Bertz CT molecular complexity index is 276. The highest BCUT2D eigenvalue weighted by molar-refractivity contribution is 5.79. The van der Waals surface area contributed by atoms with Crippen molar-refractivity contribution in [2.24, 2.45) is 5.92 Å². The predicted molar refractivity (Wildman–Crippen MR) is 57.8 cm³/mol. The molecule has 1 aliphatic heterocycles. The third-order valence-electron chi connectivity index (χ3n) is 2.40. The van der Waals surface area contributed by atoms with Crippen LogP contribution in [0.15, 0.2) is 0 Å². The molecule has 3 nitrogen and oxygen atoms in total. The molecule has 0 atom stereocenters. The fourth-order valence-corrected chi connectivity index (χ4v) is 1.57. The van der Waals surface area contributed by atoms with Crippen LogP contribution in [0.4, 0.5) is 0 Å². The Labute approximate surface area is 90.8 Å². The van der Waals surface area contributed by atoms with Gasteiger partial charge in [0.1, 0.15) is 0 Å². The van der Waals surface area contributed by atoms with Crippen LogP contribution in [-0.2, 0) is 9.53 Å². The van der Waals surface area contributed by atoms with Crippen molar-refractivity contribution in [3.05, 3.63) is 0 Å². The first kappa shape index (κ1) is 11.6. The fourth-order valence-electron chi connectivity index (χ4n) is 1.57. The maximum Gasteiger partial charge on any atom is 0.227 e. The number of carbonyl (C=O) groups excluding carboxylic acids is 1. The van der Waals surface area contributed by atoms with Crippen molar-refractivity contribution >= 4 is 5.91 Å². The minimum Gasteiger partial charge on any atom is -0.378 e. The largest absolute Gasteiger partial charge is 0.378 e. The van der Waals surface area contributed by atoms with Gasteiger partial charge in [0.2, 0.25) is 5.91 Å². The number of carbonyl (C=O) groups is 1. The summed E-state index contributed by atoms with van der Waals surface area (Å²) in [4.78, 5) is 13.7. The van der Waals surface area contributed by atoms with Crippen LogP contribution in [0, 0.1) is 30.6 Å². The summed E-state index contributed by atoms with van der Waals surface area (Å²) in [6.45, 7) is 2.49. The summed E-state index contributed by atoms with van der Waals surface area (Å²) in [5.74, 6) is 4.84. The number of rotatable bonds is 3. The van der Waals surface area contributed by atoms with E-state index < -0.39 is 0 Å². The maximum atomic E-state index is 12.0. The third kappa shape index (κ3) is 3.31. The van der Waals surface area contributed by atoms with Crippen LogP contribution in [0.5, 0.6) is 0 Å². The van der Waals surface area contributed by atoms with Crippen LogP contribution < -0.4 is 0 Å². The fraction of sp³-hybridized carbons (Fsp3) is 0.583. The van der Waals surface area contributed by atoms with Gasteiger partial charge in [-0.3, -0.25) is 4.79 Å². The van der Waals surface area contributed by atoms with Gasteiger partial charge < -0.3 is 9.64 Å². The lowest BCUT2D eigenvalue weighted by molar-refractivity contribution is -0.139. The van der Waals surface area contributed by atoms with Crippen molar-refractivity contribution in [1.29, 1.82) is 0 Å². The highest BCUT2D eigenvalue weighted by Crippen LogP contribution is 2.12. The minimum absolute atomic E-state index is 0.0641. The predicted octanol–water partition coefficient (Wildman–Crippen LogP) is 0.508. The highest BCUT2D eigenvalue weighted by Gasteiger charge is 2.24. The number of hydrogen-bond acceptors (Lipinski definition) is 2. The third-order valence-corrected chi connectivity index (χ3v) is 2.40. The molecule has 0 unspecified atom stereocenters. The molecule has 0 aromatic carbocycles. The number of amides is 1. The smallest absolute Gasteiger partial charge is 0.227 e. The number of hydrogen-bond donors (Lipinski definition) is 0. The molecule has 1 saturated heterocycles. The van der Waals surface area contributed by atoms with E-state index in [0.29, 0.717) is 39.1 Å². The lowest BCUT2D eigenvalue weighted by Gasteiger charge is -2.29. The summed E-state index contributed by atoms with van der Waals surface area (Å²) in [5, 5.41) is 0. The second-order valence-electron chi connectivity index (χ2n) is 3.45. The summed E-state index contributed by atoms with van der Waals surface area (Å²) in [6.07, 6.45) is 11.3. The van der Waals surface area contributed by atoms with Gasteiger partial charge in [-0.25, -0.2) is 0 Å². The molecule has 80 valence electrons. The SMILES string of the molecule is C#CCC(CC#C)C(=O)N1CCOCC1. The van der Waals surface area contributed by atoms with Crippen LogP contribution in [0.3, 0.4) is 0 Å². The minimum atomic E-state index is -0.224. The number of ether oxygens (including phenoxy) is 1. The zero-order chi connectivity index (χ0) is 11.1. The molecule has 1 heterocycles. The van der Waals surface area contributed by atoms with E-state index in [2.05, 4.69) is 11.8 Å². The van der Waals surface area contributed by atoms with Gasteiger partial charge in [-0.2, -0.15) is 0 Å². The van der Waals surface area contributed by atoms with Gasteiger partial charge in [0.25, 0.3) is 0 Å². The molecule has 0 aliphatic carbocycles. The molecule has 1 amide bonds. The average Bonchev–Trinajstić information content (AvgIpc) is 2.29. The van der Waals surface area contributed by atoms with Crippen molar-refractivity contribution in [3.8, 4) is 24.7 Å². The molecule has 0 aromatic heterocycles. The van der Waals surface area contributed by atoms with E-state index >= 15 is 0 Å². The van der Waals surface area contributed by atoms with E-state index in [0.717, 1.165) is 0 Å².